The fourth-order valence-corrected chi connectivity index (χ4v) is 3.68. The van der Waals surface area contributed by atoms with Crippen LogP contribution >= 0.6 is 0 Å². The second-order valence-corrected chi connectivity index (χ2v) is 6.98. The fraction of sp³-hybridized carbons (Fsp3) is 0.444. The van der Waals surface area contributed by atoms with Crippen LogP contribution in [-0.2, 0) is 0 Å². The van der Waals surface area contributed by atoms with Gasteiger partial charge >= 0.3 is 6.16 Å². The van der Waals surface area contributed by atoms with Crippen LogP contribution in [0.2, 0.25) is 0 Å². The number of hydrogen-bond acceptors (Lipinski definition) is 6. The highest BCUT2D eigenvalue weighted by molar-refractivity contribution is 5.93. The van der Waals surface area contributed by atoms with E-state index in [0.29, 0.717) is 30.0 Å². The Morgan fingerprint density at radius 2 is 2.00 bits per heavy atom. The Balaban J connectivity index is 0.00000225. The van der Waals surface area contributed by atoms with E-state index < -0.39 is 17.4 Å². The maximum atomic E-state index is 15.0. The van der Waals surface area contributed by atoms with Gasteiger partial charge in [0.15, 0.2) is 17.3 Å². The molecule has 9 nitrogen and oxygen atoms in total. The zero-order valence-electron chi connectivity index (χ0n) is 15.6. The highest BCUT2D eigenvalue weighted by atomic mass is 19.1. The topological polar surface area (TPSA) is 116 Å². The number of carbonyl (C=O) groups is 1. The monoisotopic (exact) mass is 395 g/mol. The summed E-state index contributed by atoms with van der Waals surface area (Å²) >= 11 is 0. The summed E-state index contributed by atoms with van der Waals surface area (Å²) in [6.07, 6.45) is -0.227. The molecule has 3 heterocycles. The first kappa shape index (κ1) is 19.9. The molecule has 28 heavy (non-hydrogen) atoms. The Kier molecular flexibility index (Phi) is 5.18. The molecule has 4 rings (SSSR count). The van der Waals surface area contributed by atoms with E-state index in [4.69, 9.17) is 9.84 Å². The van der Waals surface area contributed by atoms with Crippen molar-refractivity contribution < 1.29 is 29.2 Å². The normalized spacial score (nSPS) is 19.1. The van der Waals surface area contributed by atoms with Crippen molar-refractivity contribution in [1.82, 2.24) is 9.47 Å². The number of pyridine rings is 1. The molecule has 0 bridgehead atoms. The number of rotatable bonds is 2. The largest absolute Gasteiger partial charge is 0.511 e. The Morgan fingerprint density at radius 3 is 2.64 bits per heavy atom. The molecule has 1 aromatic carbocycles. The zero-order valence-corrected chi connectivity index (χ0v) is 15.6. The predicted octanol–water partition coefficient (Wildman–Crippen LogP) is 1.08. The number of hydrogen-bond donors (Lipinski definition) is 1. The zero-order chi connectivity index (χ0) is 19.3. The summed E-state index contributed by atoms with van der Waals surface area (Å²) in [6.45, 7) is 5.04. The van der Waals surface area contributed by atoms with Gasteiger partial charge in [-0.15, -0.1) is 0 Å². The van der Waals surface area contributed by atoms with E-state index in [1.165, 1.54) is 6.20 Å². The van der Waals surface area contributed by atoms with Gasteiger partial charge in [0, 0.05) is 26.2 Å². The van der Waals surface area contributed by atoms with Gasteiger partial charge in [0.2, 0.25) is 5.43 Å². The Labute approximate surface area is 159 Å². The molecule has 2 aromatic rings. The molecule has 0 spiro atoms. The molecule has 0 aliphatic carbocycles. The lowest BCUT2D eigenvalue weighted by Crippen LogP contribution is -2.45. The second-order valence-electron chi connectivity index (χ2n) is 6.98. The number of benzene rings is 1. The van der Waals surface area contributed by atoms with Crippen LogP contribution in [0, 0.1) is 5.82 Å². The van der Waals surface area contributed by atoms with Gasteiger partial charge in [-0.05, 0) is 20.0 Å². The molecule has 0 radical (unpaired) electrons. The van der Waals surface area contributed by atoms with E-state index in [-0.39, 0.29) is 29.3 Å². The summed E-state index contributed by atoms with van der Waals surface area (Å²) in [6, 6.07) is 0.990. The van der Waals surface area contributed by atoms with Crippen molar-refractivity contribution in [2.24, 2.45) is 0 Å². The minimum absolute atomic E-state index is 0. The number of aromatic nitrogens is 1. The van der Waals surface area contributed by atoms with Gasteiger partial charge in [0.05, 0.1) is 23.1 Å². The first-order valence-electron chi connectivity index (χ1n) is 8.75. The molecule has 152 valence electrons. The van der Waals surface area contributed by atoms with Crippen LogP contribution in [-0.4, -0.2) is 66.0 Å². The lowest BCUT2D eigenvalue weighted by molar-refractivity contribution is 0.143. The van der Waals surface area contributed by atoms with Gasteiger partial charge in [0.1, 0.15) is 12.3 Å². The number of anilines is 1. The van der Waals surface area contributed by atoms with Crippen molar-refractivity contribution in [3.8, 4) is 11.5 Å². The molecule has 0 saturated carbocycles. The molecule has 3 N–H and O–H groups in total. The van der Waals surface area contributed by atoms with Crippen molar-refractivity contribution in [3.05, 3.63) is 28.3 Å². The fourth-order valence-electron chi connectivity index (χ4n) is 3.68. The molecule has 1 saturated heterocycles. The Morgan fingerprint density at radius 1 is 1.32 bits per heavy atom. The van der Waals surface area contributed by atoms with E-state index in [1.54, 1.807) is 4.57 Å². The summed E-state index contributed by atoms with van der Waals surface area (Å²) < 4.78 is 27.2. The molecule has 2 aliphatic rings. The van der Waals surface area contributed by atoms with Crippen molar-refractivity contribution in [2.45, 2.75) is 13.0 Å². The van der Waals surface area contributed by atoms with Crippen molar-refractivity contribution in [2.75, 3.05) is 44.7 Å². The van der Waals surface area contributed by atoms with E-state index in [1.807, 2.05) is 18.9 Å². The van der Waals surface area contributed by atoms with E-state index in [9.17, 15) is 9.59 Å². The maximum absolute atomic E-state index is 15.0. The van der Waals surface area contributed by atoms with E-state index >= 15 is 4.39 Å². The number of nitrogens with zero attached hydrogens (tertiary/aromatic N) is 3. The first-order valence-corrected chi connectivity index (χ1v) is 8.75. The highest BCUT2D eigenvalue weighted by Gasteiger charge is 2.30. The van der Waals surface area contributed by atoms with Crippen molar-refractivity contribution in [3.63, 3.8) is 0 Å². The second kappa shape index (κ2) is 7.28. The average molecular weight is 395 g/mol. The van der Waals surface area contributed by atoms with Crippen LogP contribution < -0.4 is 19.8 Å². The summed E-state index contributed by atoms with van der Waals surface area (Å²) in [7, 11) is 2.01. The number of likely N-dealkylation sites (N-methyl/N-ethyl adjacent to an activating group) is 1. The molecule has 1 atom stereocenters. The number of piperazine rings is 1. The first-order chi connectivity index (χ1) is 12.9. The van der Waals surface area contributed by atoms with Crippen LogP contribution in [0.4, 0.5) is 14.9 Å². The van der Waals surface area contributed by atoms with Gasteiger partial charge in [-0.3, -0.25) is 4.79 Å². The lowest BCUT2D eigenvalue weighted by atomic mass is 10.1. The van der Waals surface area contributed by atoms with E-state index in [0.717, 1.165) is 19.2 Å². The summed E-state index contributed by atoms with van der Waals surface area (Å²) in [5.74, 6) is -0.583. The quantitative estimate of drug-likeness (QED) is 0.757. The average Bonchev–Trinajstić information content (AvgIpc) is 2.62. The standard InChI is InChI=1S/C18H20FN3O5.H2O/c1-10-9-26-17-14-11(16(23)13(8-22(10)14)27-18(24)25)7-12(19)15(17)21-5-3-20(2)4-6-21;/h7-8,10H,3-6,9H2,1-2H3,(H,24,25);1H2/t10-;/m0./s1. The summed E-state index contributed by atoms with van der Waals surface area (Å²) in [5.41, 5.74) is 0.140. The van der Waals surface area contributed by atoms with Gasteiger partial charge < -0.3 is 34.4 Å². The lowest BCUT2D eigenvalue weighted by Gasteiger charge is -2.37. The third-order valence-electron chi connectivity index (χ3n) is 5.13. The molecule has 1 fully saturated rings. The number of halogens is 1. The molecule has 0 unspecified atom stereocenters. The summed E-state index contributed by atoms with van der Waals surface area (Å²) in [4.78, 5) is 27.6. The van der Waals surface area contributed by atoms with Crippen molar-refractivity contribution >= 4 is 22.7 Å². The summed E-state index contributed by atoms with van der Waals surface area (Å²) in [5, 5.41) is 8.92. The third-order valence-corrected chi connectivity index (χ3v) is 5.13. The minimum Gasteiger partial charge on any atom is -0.487 e. The smallest absolute Gasteiger partial charge is 0.487 e. The molecular weight excluding hydrogens is 373 g/mol. The number of ether oxygens (including phenoxy) is 2. The van der Waals surface area contributed by atoms with Crippen LogP contribution in [0.25, 0.3) is 10.9 Å². The SMILES string of the molecule is C[C@H]1COc2c(N3CCN(C)CC3)c(F)cc3c(=O)c(OC(=O)O)cn1c23.O. The minimum atomic E-state index is -1.59. The van der Waals surface area contributed by atoms with Gasteiger partial charge in [-0.1, -0.05) is 0 Å². The molecule has 10 heteroatoms. The highest BCUT2D eigenvalue weighted by Crippen LogP contribution is 2.42. The van der Waals surface area contributed by atoms with Crippen molar-refractivity contribution in [1.29, 1.82) is 0 Å². The predicted molar refractivity (Wildman–Crippen MR) is 100 cm³/mol. The van der Waals surface area contributed by atoms with Crippen LogP contribution in [0.1, 0.15) is 13.0 Å². The maximum Gasteiger partial charge on any atom is 0.511 e. The molecule has 2 aliphatic heterocycles. The van der Waals surface area contributed by atoms with Gasteiger partial charge in [0.25, 0.3) is 0 Å². The van der Waals surface area contributed by atoms with Crippen LogP contribution in [0.5, 0.6) is 11.5 Å². The molecular formula is C18H22FN3O6. The Bertz CT molecular complexity index is 984. The molecule has 0 amide bonds. The van der Waals surface area contributed by atoms with Crippen LogP contribution in [0.3, 0.4) is 0 Å². The third kappa shape index (κ3) is 3.14. The Hall–Kier alpha value is -2.85. The number of carboxylic acid groups (broad SMARTS) is 1. The van der Waals surface area contributed by atoms with Gasteiger partial charge in [-0.2, -0.15) is 0 Å². The molecule has 1 aromatic heterocycles. The van der Waals surface area contributed by atoms with Crippen LogP contribution in [0.15, 0.2) is 17.1 Å². The van der Waals surface area contributed by atoms with Gasteiger partial charge in [-0.25, -0.2) is 9.18 Å². The van der Waals surface area contributed by atoms with E-state index in [2.05, 4.69) is 9.64 Å².